The summed E-state index contributed by atoms with van der Waals surface area (Å²) < 4.78 is 0. The molecule has 1 fully saturated rings. The minimum absolute atomic E-state index is 0.0878. The van der Waals surface area contributed by atoms with Crippen molar-refractivity contribution in [1.29, 1.82) is 5.26 Å². The quantitative estimate of drug-likeness (QED) is 0.671. The van der Waals surface area contributed by atoms with Crippen LogP contribution < -0.4 is 21.3 Å². The fraction of sp³-hybridized carbons (Fsp3) is 0.304. The van der Waals surface area contributed by atoms with E-state index in [1.54, 1.807) is 0 Å². The van der Waals surface area contributed by atoms with E-state index in [0.717, 1.165) is 37.9 Å². The Bertz CT molecular complexity index is 1230. The van der Waals surface area contributed by atoms with Gasteiger partial charge in [0.15, 0.2) is 5.78 Å². The van der Waals surface area contributed by atoms with Crippen molar-refractivity contribution in [1.82, 2.24) is 9.97 Å². The number of hydrogen-bond donors (Lipinski definition) is 2. The smallest absolute Gasteiger partial charge is 0.186 e. The minimum atomic E-state index is -0.0878. The zero-order valence-electron chi connectivity index (χ0n) is 17.1. The number of benzene rings is 1. The minimum Gasteiger partial charge on any atom is -0.383 e. The summed E-state index contributed by atoms with van der Waals surface area (Å²) in [4.78, 5) is 26.2. The van der Waals surface area contributed by atoms with E-state index in [2.05, 4.69) is 20.9 Å². The Kier molecular flexibility index (Phi) is 4.59. The molecule has 2 aliphatic heterocycles. The highest BCUT2D eigenvalue weighted by atomic mass is 16.1. The number of anilines is 4. The van der Waals surface area contributed by atoms with E-state index in [9.17, 15) is 10.1 Å². The molecular weight excluding hydrogens is 390 g/mol. The van der Waals surface area contributed by atoms with Crippen molar-refractivity contribution in [2.45, 2.75) is 25.8 Å². The average Bonchev–Trinajstić information content (AvgIpc) is 3.09. The van der Waals surface area contributed by atoms with Gasteiger partial charge in [0.2, 0.25) is 0 Å². The number of nitrogen functional groups attached to an aromatic ring is 2. The molecule has 0 atom stereocenters. The molecule has 4 N–H and O–H groups in total. The summed E-state index contributed by atoms with van der Waals surface area (Å²) in [7, 11) is 0. The van der Waals surface area contributed by atoms with Crippen LogP contribution in [0.15, 0.2) is 30.3 Å². The van der Waals surface area contributed by atoms with E-state index >= 15 is 0 Å². The second kappa shape index (κ2) is 7.43. The molecule has 0 bridgehead atoms. The number of carbonyl (C=O) groups excluding carboxylic acids is 1. The highest BCUT2D eigenvalue weighted by Gasteiger charge is 2.34. The van der Waals surface area contributed by atoms with Crippen LogP contribution in [0, 0.1) is 11.3 Å². The number of Topliss-reactive ketones (excluding diaryl/α,β-unsaturated/α-hetero) is 1. The highest BCUT2D eigenvalue weighted by Crippen LogP contribution is 2.42. The first-order valence-corrected chi connectivity index (χ1v) is 10.5. The van der Waals surface area contributed by atoms with Crippen LogP contribution in [0.25, 0.3) is 10.8 Å². The summed E-state index contributed by atoms with van der Waals surface area (Å²) in [6, 6.07) is 12.2. The van der Waals surface area contributed by atoms with Crippen LogP contribution in [0.2, 0.25) is 0 Å². The maximum absolute atomic E-state index is 13.2. The van der Waals surface area contributed by atoms with Crippen molar-refractivity contribution in [2.75, 3.05) is 40.9 Å². The van der Waals surface area contributed by atoms with Gasteiger partial charge in [0, 0.05) is 25.0 Å². The zero-order chi connectivity index (χ0) is 21.5. The van der Waals surface area contributed by atoms with E-state index < -0.39 is 0 Å². The standard InChI is InChI=1S/C23H23N7O/c24-11-15-17-18-16(31)13-30(12-14-7-3-1-4-8-14)23(18)28-21(26)19(17)20(25)27-22(15)29-9-5-2-6-10-29/h1,3-4,7-8H,2,5-6,9-10,12-13H2,(H2,25,27)(H2,26,28). The molecule has 1 aromatic carbocycles. The van der Waals surface area contributed by atoms with Crippen molar-refractivity contribution < 1.29 is 4.79 Å². The molecule has 0 amide bonds. The highest BCUT2D eigenvalue weighted by molar-refractivity contribution is 6.22. The lowest BCUT2D eigenvalue weighted by atomic mass is 9.99. The van der Waals surface area contributed by atoms with E-state index in [1.807, 2.05) is 35.2 Å². The summed E-state index contributed by atoms with van der Waals surface area (Å²) in [6.07, 6.45) is 3.22. The summed E-state index contributed by atoms with van der Waals surface area (Å²) >= 11 is 0. The fourth-order valence-corrected chi connectivity index (χ4v) is 4.63. The fourth-order valence-electron chi connectivity index (χ4n) is 4.63. The van der Waals surface area contributed by atoms with Gasteiger partial charge in [-0.2, -0.15) is 5.26 Å². The summed E-state index contributed by atoms with van der Waals surface area (Å²) in [6.45, 7) is 2.33. The number of pyridine rings is 2. The maximum atomic E-state index is 13.2. The number of fused-ring (bicyclic) bond motifs is 3. The third-order valence-corrected chi connectivity index (χ3v) is 6.06. The van der Waals surface area contributed by atoms with Crippen molar-refractivity contribution in [2.24, 2.45) is 0 Å². The molecule has 0 aliphatic carbocycles. The average molecular weight is 413 g/mol. The molecule has 0 spiro atoms. The largest absolute Gasteiger partial charge is 0.383 e. The van der Waals surface area contributed by atoms with Crippen molar-refractivity contribution in [3.05, 3.63) is 47.0 Å². The van der Waals surface area contributed by atoms with E-state index in [-0.39, 0.29) is 24.0 Å². The van der Waals surface area contributed by atoms with Gasteiger partial charge in [0.25, 0.3) is 0 Å². The molecule has 8 heteroatoms. The van der Waals surface area contributed by atoms with Gasteiger partial charge in [-0.3, -0.25) is 4.79 Å². The lowest BCUT2D eigenvalue weighted by Crippen LogP contribution is -2.31. The van der Waals surface area contributed by atoms with E-state index in [0.29, 0.717) is 40.1 Å². The summed E-state index contributed by atoms with van der Waals surface area (Å²) in [5, 5.41) is 11.0. The third kappa shape index (κ3) is 3.10. The zero-order valence-corrected chi connectivity index (χ0v) is 17.1. The molecule has 156 valence electrons. The normalized spacial score (nSPS) is 15.9. The predicted molar refractivity (Wildman–Crippen MR) is 121 cm³/mol. The second-order valence-electron chi connectivity index (χ2n) is 8.07. The molecule has 4 heterocycles. The molecule has 8 nitrogen and oxygen atoms in total. The van der Waals surface area contributed by atoms with Gasteiger partial charge in [-0.05, 0) is 24.8 Å². The molecule has 0 unspecified atom stereocenters. The molecule has 3 aromatic rings. The van der Waals surface area contributed by atoms with Gasteiger partial charge in [-0.1, -0.05) is 30.3 Å². The first-order chi connectivity index (χ1) is 15.1. The second-order valence-corrected chi connectivity index (χ2v) is 8.07. The lowest BCUT2D eigenvalue weighted by Gasteiger charge is -2.29. The third-order valence-electron chi connectivity index (χ3n) is 6.06. The molecule has 31 heavy (non-hydrogen) atoms. The van der Waals surface area contributed by atoms with E-state index in [1.165, 1.54) is 0 Å². The van der Waals surface area contributed by atoms with Gasteiger partial charge in [0.1, 0.15) is 34.9 Å². The number of ketones is 1. The number of nitrogens with zero attached hydrogens (tertiary/aromatic N) is 5. The summed E-state index contributed by atoms with van der Waals surface area (Å²) in [5.74, 6) is 1.35. The Morgan fingerprint density at radius 2 is 1.65 bits per heavy atom. The molecular formula is C23H23N7O. The van der Waals surface area contributed by atoms with Gasteiger partial charge in [-0.25, -0.2) is 9.97 Å². The number of aromatic nitrogens is 2. The Hall–Kier alpha value is -3.86. The summed E-state index contributed by atoms with van der Waals surface area (Å²) in [5.41, 5.74) is 14.4. The molecule has 5 rings (SSSR count). The van der Waals surface area contributed by atoms with Gasteiger partial charge >= 0.3 is 0 Å². The SMILES string of the molecule is N#Cc1c(N2CCCCC2)nc(N)c2c(N)nc3c(c12)C(=O)CN3Cc1ccccc1. The van der Waals surface area contributed by atoms with Crippen LogP contribution in [0.4, 0.5) is 23.3 Å². The number of nitriles is 1. The van der Waals surface area contributed by atoms with Crippen LogP contribution in [-0.2, 0) is 6.54 Å². The number of rotatable bonds is 3. The molecule has 1 saturated heterocycles. The molecule has 0 radical (unpaired) electrons. The van der Waals surface area contributed by atoms with Crippen LogP contribution in [0.3, 0.4) is 0 Å². The number of hydrogen-bond acceptors (Lipinski definition) is 8. The topological polar surface area (TPSA) is 125 Å². The van der Waals surface area contributed by atoms with Crippen molar-refractivity contribution in [3.8, 4) is 6.07 Å². The molecule has 2 aliphatic rings. The van der Waals surface area contributed by atoms with Gasteiger partial charge in [-0.15, -0.1) is 0 Å². The van der Waals surface area contributed by atoms with Crippen LogP contribution in [0.5, 0.6) is 0 Å². The molecule has 0 saturated carbocycles. The Morgan fingerprint density at radius 3 is 2.32 bits per heavy atom. The Morgan fingerprint density at radius 1 is 0.968 bits per heavy atom. The van der Waals surface area contributed by atoms with Gasteiger partial charge < -0.3 is 21.3 Å². The number of nitrogens with two attached hydrogens (primary N) is 2. The molecule has 2 aromatic heterocycles. The first kappa shape index (κ1) is 19.1. The number of piperidine rings is 1. The predicted octanol–water partition coefficient (Wildman–Crippen LogP) is 2.86. The van der Waals surface area contributed by atoms with E-state index in [4.69, 9.17) is 11.5 Å². The van der Waals surface area contributed by atoms with Gasteiger partial charge in [0.05, 0.1) is 17.5 Å². The number of carbonyl (C=O) groups is 1. The lowest BCUT2D eigenvalue weighted by molar-refractivity contribution is 0.101. The van der Waals surface area contributed by atoms with Crippen LogP contribution in [-0.4, -0.2) is 35.4 Å². The van der Waals surface area contributed by atoms with Crippen molar-refractivity contribution >= 4 is 39.8 Å². The Labute approximate surface area is 180 Å². The monoisotopic (exact) mass is 413 g/mol. The van der Waals surface area contributed by atoms with Crippen molar-refractivity contribution in [3.63, 3.8) is 0 Å². The first-order valence-electron chi connectivity index (χ1n) is 10.5. The van der Waals surface area contributed by atoms with Crippen LogP contribution >= 0.6 is 0 Å². The Balaban J connectivity index is 1.73. The van der Waals surface area contributed by atoms with Crippen LogP contribution in [0.1, 0.15) is 40.7 Å². The maximum Gasteiger partial charge on any atom is 0.186 e.